The van der Waals surface area contributed by atoms with E-state index < -0.39 is 11.5 Å². The highest BCUT2D eigenvalue weighted by Gasteiger charge is 2.22. The number of pyridine rings is 1. The Morgan fingerprint density at radius 1 is 1.19 bits per heavy atom. The Morgan fingerprint density at radius 3 is 2.62 bits per heavy atom. The van der Waals surface area contributed by atoms with Crippen LogP contribution in [0.4, 0.5) is 5.69 Å². The van der Waals surface area contributed by atoms with Gasteiger partial charge in [0.05, 0.1) is 5.52 Å². The number of aromatic nitrogens is 1. The Kier molecular flexibility index (Phi) is 5.00. The van der Waals surface area contributed by atoms with Crippen molar-refractivity contribution in [3.05, 3.63) is 69.5 Å². The highest BCUT2D eigenvalue weighted by Crippen LogP contribution is 2.27. The largest absolute Gasteiger partial charge is 0.506 e. The predicted molar refractivity (Wildman–Crippen MR) is 104 cm³/mol. The maximum absolute atomic E-state index is 13.0. The van der Waals surface area contributed by atoms with Gasteiger partial charge in [-0.05, 0) is 36.2 Å². The zero-order valence-corrected chi connectivity index (χ0v) is 15.2. The molecule has 0 spiro atoms. The second kappa shape index (κ2) is 7.22. The van der Waals surface area contributed by atoms with Gasteiger partial charge in [0, 0.05) is 22.6 Å². The molecule has 0 aliphatic rings. The van der Waals surface area contributed by atoms with E-state index in [-0.39, 0.29) is 17.2 Å². The Morgan fingerprint density at radius 2 is 1.92 bits per heavy atom. The number of benzene rings is 2. The zero-order chi connectivity index (χ0) is 18.8. The number of nitrogens with zero attached hydrogens (tertiary/aromatic N) is 1. The third-order valence-corrected chi connectivity index (χ3v) is 4.24. The molecule has 0 saturated heterocycles. The van der Waals surface area contributed by atoms with Crippen LogP contribution in [0.15, 0.2) is 53.3 Å². The molecule has 2 aromatic carbocycles. The van der Waals surface area contributed by atoms with Gasteiger partial charge in [0.25, 0.3) is 11.5 Å². The number of amides is 1. The molecule has 5 nitrogen and oxygen atoms in total. The number of nitrogens with one attached hydrogen (secondary N) is 1. The van der Waals surface area contributed by atoms with Crippen LogP contribution in [0, 0.1) is 5.92 Å². The van der Waals surface area contributed by atoms with Crippen LogP contribution in [0.3, 0.4) is 0 Å². The normalized spacial score (nSPS) is 11.1. The molecule has 0 bridgehead atoms. The summed E-state index contributed by atoms with van der Waals surface area (Å²) >= 11 is 5.93. The lowest BCUT2D eigenvalue weighted by Crippen LogP contribution is -2.31. The van der Waals surface area contributed by atoms with Gasteiger partial charge in [-0.15, -0.1) is 0 Å². The molecule has 0 atom stereocenters. The first-order chi connectivity index (χ1) is 12.4. The Hall–Kier alpha value is -2.79. The number of halogens is 1. The van der Waals surface area contributed by atoms with Crippen molar-refractivity contribution in [2.45, 2.75) is 20.4 Å². The molecule has 0 fully saturated rings. The lowest BCUT2D eigenvalue weighted by atomic mass is 10.1. The van der Waals surface area contributed by atoms with E-state index >= 15 is 0 Å². The third kappa shape index (κ3) is 3.44. The first-order valence-corrected chi connectivity index (χ1v) is 8.67. The summed E-state index contributed by atoms with van der Waals surface area (Å²) in [6.07, 6.45) is 0. The summed E-state index contributed by atoms with van der Waals surface area (Å²) < 4.78 is 1.53. The minimum Gasteiger partial charge on any atom is -0.506 e. The van der Waals surface area contributed by atoms with Crippen LogP contribution in [0.5, 0.6) is 5.75 Å². The van der Waals surface area contributed by atoms with E-state index in [1.165, 1.54) is 4.57 Å². The molecule has 26 heavy (non-hydrogen) atoms. The molecule has 3 aromatic rings. The maximum atomic E-state index is 13.0. The molecular formula is C20H19ClN2O3. The number of carbonyl (C=O) groups is 1. The lowest BCUT2D eigenvalue weighted by molar-refractivity contribution is 0.102. The van der Waals surface area contributed by atoms with E-state index in [2.05, 4.69) is 5.32 Å². The summed E-state index contributed by atoms with van der Waals surface area (Å²) in [6.45, 7) is 4.41. The number of anilines is 1. The molecular weight excluding hydrogens is 352 g/mol. The molecule has 1 heterocycles. The van der Waals surface area contributed by atoms with Gasteiger partial charge in [-0.1, -0.05) is 43.6 Å². The van der Waals surface area contributed by atoms with Crippen LogP contribution in [0.2, 0.25) is 5.02 Å². The van der Waals surface area contributed by atoms with Crippen LogP contribution >= 0.6 is 11.6 Å². The second-order valence-corrected chi connectivity index (χ2v) is 6.95. The monoisotopic (exact) mass is 370 g/mol. The molecule has 1 aromatic heterocycles. The molecule has 2 N–H and O–H groups in total. The van der Waals surface area contributed by atoms with Crippen molar-refractivity contribution in [1.29, 1.82) is 0 Å². The van der Waals surface area contributed by atoms with E-state index in [0.717, 1.165) is 0 Å². The van der Waals surface area contributed by atoms with E-state index in [9.17, 15) is 14.7 Å². The van der Waals surface area contributed by atoms with Crippen LogP contribution in [0.25, 0.3) is 10.9 Å². The van der Waals surface area contributed by atoms with Crippen molar-refractivity contribution in [3.63, 3.8) is 0 Å². The number of rotatable bonds is 4. The number of para-hydroxylation sites is 1. The Labute approximate surface area is 155 Å². The molecule has 0 radical (unpaired) electrons. The van der Waals surface area contributed by atoms with Gasteiger partial charge >= 0.3 is 0 Å². The average Bonchev–Trinajstić information content (AvgIpc) is 2.58. The molecule has 0 unspecified atom stereocenters. The highest BCUT2D eigenvalue weighted by molar-refractivity contribution is 6.31. The van der Waals surface area contributed by atoms with Gasteiger partial charge in [0.15, 0.2) is 0 Å². The SMILES string of the molecule is CC(C)Cn1c(=O)c(C(=O)Nc2cccc(Cl)c2)c(O)c2ccccc21. The predicted octanol–water partition coefficient (Wildman–Crippen LogP) is 4.27. The van der Waals surface area contributed by atoms with Gasteiger partial charge in [-0.3, -0.25) is 9.59 Å². The lowest BCUT2D eigenvalue weighted by Gasteiger charge is -2.16. The van der Waals surface area contributed by atoms with Crippen LogP contribution in [0.1, 0.15) is 24.2 Å². The Bertz CT molecular complexity index is 1040. The first kappa shape index (κ1) is 18.0. The summed E-state index contributed by atoms with van der Waals surface area (Å²) in [7, 11) is 0. The quantitative estimate of drug-likeness (QED) is 0.720. The van der Waals surface area contributed by atoms with E-state index in [1.54, 1.807) is 48.5 Å². The van der Waals surface area contributed by atoms with E-state index in [0.29, 0.717) is 28.2 Å². The van der Waals surface area contributed by atoms with Gasteiger partial charge in [-0.2, -0.15) is 0 Å². The smallest absolute Gasteiger partial charge is 0.267 e. The summed E-state index contributed by atoms with van der Waals surface area (Å²) in [4.78, 5) is 25.7. The summed E-state index contributed by atoms with van der Waals surface area (Å²) in [5, 5.41) is 14.1. The third-order valence-electron chi connectivity index (χ3n) is 4.00. The van der Waals surface area contributed by atoms with Crippen molar-refractivity contribution >= 4 is 34.1 Å². The van der Waals surface area contributed by atoms with Crippen molar-refractivity contribution in [3.8, 4) is 5.75 Å². The summed E-state index contributed by atoms with van der Waals surface area (Å²) in [5.41, 5.74) is 0.256. The fraction of sp³-hybridized carbons (Fsp3) is 0.200. The molecule has 3 rings (SSSR count). The molecule has 6 heteroatoms. The number of hydrogen-bond donors (Lipinski definition) is 2. The van der Waals surface area contributed by atoms with Crippen molar-refractivity contribution in [1.82, 2.24) is 4.57 Å². The van der Waals surface area contributed by atoms with Gasteiger partial charge in [0.1, 0.15) is 11.3 Å². The first-order valence-electron chi connectivity index (χ1n) is 8.30. The number of hydrogen-bond acceptors (Lipinski definition) is 3. The van der Waals surface area contributed by atoms with Crippen molar-refractivity contribution in [2.24, 2.45) is 5.92 Å². The minimum atomic E-state index is -0.668. The van der Waals surface area contributed by atoms with Crippen LogP contribution < -0.4 is 10.9 Å². The van der Waals surface area contributed by atoms with Crippen molar-refractivity contribution in [2.75, 3.05) is 5.32 Å². The number of aromatic hydroxyl groups is 1. The van der Waals surface area contributed by atoms with E-state index in [1.807, 2.05) is 13.8 Å². The molecule has 134 valence electrons. The molecule has 1 amide bonds. The van der Waals surface area contributed by atoms with Gasteiger partial charge in [-0.25, -0.2) is 0 Å². The minimum absolute atomic E-state index is 0.199. The molecule has 0 aliphatic carbocycles. The fourth-order valence-corrected chi connectivity index (χ4v) is 3.09. The van der Waals surface area contributed by atoms with Crippen molar-refractivity contribution < 1.29 is 9.90 Å². The number of carbonyl (C=O) groups excluding carboxylic acids is 1. The van der Waals surface area contributed by atoms with E-state index in [4.69, 9.17) is 11.6 Å². The van der Waals surface area contributed by atoms with Crippen LogP contribution in [-0.4, -0.2) is 15.6 Å². The average molecular weight is 371 g/mol. The zero-order valence-electron chi connectivity index (χ0n) is 14.5. The summed E-state index contributed by atoms with van der Waals surface area (Å²) in [5.74, 6) is -0.785. The second-order valence-electron chi connectivity index (χ2n) is 6.51. The molecule has 0 saturated carbocycles. The fourth-order valence-electron chi connectivity index (χ4n) is 2.90. The van der Waals surface area contributed by atoms with Gasteiger partial charge < -0.3 is 15.0 Å². The number of fused-ring (bicyclic) bond motifs is 1. The van der Waals surface area contributed by atoms with Crippen LogP contribution in [-0.2, 0) is 6.54 Å². The summed E-state index contributed by atoms with van der Waals surface area (Å²) in [6, 6.07) is 13.6. The highest BCUT2D eigenvalue weighted by atomic mass is 35.5. The molecule has 0 aliphatic heterocycles. The topological polar surface area (TPSA) is 71.3 Å². The maximum Gasteiger partial charge on any atom is 0.267 e. The van der Waals surface area contributed by atoms with Gasteiger partial charge in [0.2, 0.25) is 0 Å². The Balaban J connectivity index is 2.16. The standard InChI is InChI=1S/C20H19ClN2O3/c1-12(2)11-23-16-9-4-3-8-15(16)18(24)17(20(23)26)19(25)22-14-7-5-6-13(21)10-14/h3-10,12,24H,11H2,1-2H3,(H,22,25).